The first-order valence-corrected chi connectivity index (χ1v) is 6.99. The summed E-state index contributed by atoms with van der Waals surface area (Å²) in [7, 11) is 1.54. The van der Waals surface area contributed by atoms with E-state index in [1.54, 1.807) is 29.2 Å². The zero-order valence-corrected chi connectivity index (χ0v) is 11.9. The zero-order valence-electron chi connectivity index (χ0n) is 11.9. The fourth-order valence-corrected chi connectivity index (χ4v) is 2.86. The molecule has 1 atom stereocenters. The van der Waals surface area contributed by atoms with Gasteiger partial charge in [-0.15, -0.1) is 0 Å². The number of fused-ring (bicyclic) bond motifs is 1. The first-order valence-electron chi connectivity index (χ1n) is 6.99. The van der Waals surface area contributed by atoms with Crippen LogP contribution in [0.15, 0.2) is 18.3 Å². The molecular formula is C14H18N4O3. The van der Waals surface area contributed by atoms with Crippen LogP contribution in [-0.4, -0.2) is 65.9 Å². The van der Waals surface area contributed by atoms with Crippen LogP contribution in [0.3, 0.4) is 0 Å². The van der Waals surface area contributed by atoms with Crippen LogP contribution < -0.4 is 10.1 Å². The average Bonchev–Trinajstić information content (AvgIpc) is 2.53. The van der Waals surface area contributed by atoms with E-state index in [4.69, 9.17) is 4.74 Å². The lowest BCUT2D eigenvalue weighted by molar-refractivity contribution is -0.160. The highest BCUT2D eigenvalue weighted by Gasteiger charge is 2.40. The monoisotopic (exact) mass is 290 g/mol. The van der Waals surface area contributed by atoms with Crippen LogP contribution in [-0.2, 0) is 16.1 Å². The number of rotatable bonds is 3. The maximum atomic E-state index is 12.2. The number of carbonyl (C=O) groups excluding carboxylic acids is 2. The first kappa shape index (κ1) is 13.8. The van der Waals surface area contributed by atoms with Gasteiger partial charge in [0.1, 0.15) is 0 Å². The number of nitrogens with one attached hydrogen (secondary N) is 1. The lowest BCUT2D eigenvalue weighted by Gasteiger charge is -2.43. The minimum absolute atomic E-state index is 0.0478. The topological polar surface area (TPSA) is 74.8 Å². The van der Waals surface area contributed by atoms with Crippen molar-refractivity contribution in [3.63, 3.8) is 0 Å². The second kappa shape index (κ2) is 5.69. The number of hydrogen-bond acceptors (Lipinski definition) is 5. The minimum atomic E-state index is -0.445. The molecule has 0 radical (unpaired) electrons. The third-order valence-corrected chi connectivity index (χ3v) is 3.92. The number of methoxy groups -OCH3 is 1. The molecule has 1 aromatic heterocycles. The SMILES string of the molecule is COc1ncccc1CN1CC2CNCCN2C(=O)C1=O. The molecule has 2 aliphatic heterocycles. The van der Waals surface area contributed by atoms with Crippen molar-refractivity contribution in [3.8, 4) is 5.88 Å². The van der Waals surface area contributed by atoms with Gasteiger partial charge in [-0.05, 0) is 6.07 Å². The van der Waals surface area contributed by atoms with Gasteiger partial charge < -0.3 is 19.9 Å². The molecule has 3 rings (SSSR count). The first-order chi connectivity index (χ1) is 10.2. The highest BCUT2D eigenvalue weighted by Crippen LogP contribution is 2.20. The second-order valence-corrected chi connectivity index (χ2v) is 5.21. The summed E-state index contributed by atoms with van der Waals surface area (Å²) in [5.41, 5.74) is 0.804. The van der Waals surface area contributed by atoms with Gasteiger partial charge in [-0.1, -0.05) is 6.07 Å². The Morgan fingerprint density at radius 1 is 1.43 bits per heavy atom. The molecule has 7 heteroatoms. The molecule has 2 fully saturated rings. The van der Waals surface area contributed by atoms with Crippen LogP contribution in [0.4, 0.5) is 0 Å². The van der Waals surface area contributed by atoms with E-state index in [1.807, 2.05) is 6.07 Å². The third-order valence-electron chi connectivity index (χ3n) is 3.92. The van der Waals surface area contributed by atoms with E-state index in [0.29, 0.717) is 25.5 Å². The third kappa shape index (κ3) is 2.56. The van der Waals surface area contributed by atoms with Gasteiger partial charge in [0.25, 0.3) is 0 Å². The Kier molecular flexibility index (Phi) is 3.74. The Balaban J connectivity index is 1.79. The summed E-state index contributed by atoms with van der Waals surface area (Å²) in [5, 5.41) is 3.26. The van der Waals surface area contributed by atoms with Crippen LogP contribution in [0.1, 0.15) is 5.56 Å². The summed E-state index contributed by atoms with van der Waals surface area (Å²) in [6.45, 7) is 2.94. The number of pyridine rings is 1. The molecule has 112 valence electrons. The molecule has 0 aliphatic carbocycles. The highest BCUT2D eigenvalue weighted by molar-refractivity contribution is 6.35. The fourth-order valence-electron chi connectivity index (χ4n) is 2.86. The summed E-state index contributed by atoms with van der Waals surface area (Å²) < 4.78 is 5.20. The number of piperazine rings is 2. The molecule has 0 saturated carbocycles. The van der Waals surface area contributed by atoms with Crippen LogP contribution in [0.25, 0.3) is 0 Å². The molecule has 1 unspecified atom stereocenters. The Bertz CT molecular complexity index is 563. The van der Waals surface area contributed by atoms with E-state index >= 15 is 0 Å². The molecule has 7 nitrogen and oxygen atoms in total. The lowest BCUT2D eigenvalue weighted by atomic mass is 10.1. The van der Waals surface area contributed by atoms with Crippen LogP contribution in [0.5, 0.6) is 5.88 Å². The quantitative estimate of drug-likeness (QED) is 0.740. The molecule has 21 heavy (non-hydrogen) atoms. The molecule has 2 aliphatic rings. The Labute approximate surface area is 122 Å². The minimum Gasteiger partial charge on any atom is -0.481 e. The summed E-state index contributed by atoms with van der Waals surface area (Å²) in [4.78, 5) is 31.8. The molecular weight excluding hydrogens is 272 g/mol. The van der Waals surface area contributed by atoms with Crippen molar-refractivity contribution < 1.29 is 14.3 Å². The van der Waals surface area contributed by atoms with E-state index in [9.17, 15) is 9.59 Å². The van der Waals surface area contributed by atoms with Crippen molar-refractivity contribution in [3.05, 3.63) is 23.9 Å². The normalized spacial score (nSPS) is 22.2. The maximum Gasteiger partial charge on any atom is 0.312 e. The van der Waals surface area contributed by atoms with Gasteiger partial charge in [-0.3, -0.25) is 9.59 Å². The van der Waals surface area contributed by atoms with Gasteiger partial charge >= 0.3 is 11.8 Å². The van der Waals surface area contributed by atoms with Crippen molar-refractivity contribution in [2.24, 2.45) is 0 Å². The summed E-state index contributed by atoms with van der Waals surface area (Å²) in [6.07, 6.45) is 1.64. The fraction of sp³-hybridized carbons (Fsp3) is 0.500. The Hall–Kier alpha value is -2.15. The van der Waals surface area contributed by atoms with Gasteiger partial charge in [0.15, 0.2) is 0 Å². The maximum absolute atomic E-state index is 12.2. The largest absolute Gasteiger partial charge is 0.481 e. The van der Waals surface area contributed by atoms with E-state index < -0.39 is 11.8 Å². The second-order valence-electron chi connectivity index (χ2n) is 5.21. The van der Waals surface area contributed by atoms with E-state index in [1.165, 1.54) is 0 Å². The molecule has 0 bridgehead atoms. The summed E-state index contributed by atoms with van der Waals surface area (Å²) >= 11 is 0. The Morgan fingerprint density at radius 3 is 3.10 bits per heavy atom. The van der Waals surface area contributed by atoms with Crippen LogP contribution in [0, 0.1) is 0 Å². The van der Waals surface area contributed by atoms with Crippen molar-refractivity contribution in [2.75, 3.05) is 33.3 Å². The number of hydrogen-bond donors (Lipinski definition) is 1. The molecule has 1 N–H and O–H groups in total. The number of carbonyl (C=O) groups is 2. The van der Waals surface area contributed by atoms with E-state index in [0.717, 1.165) is 18.7 Å². The van der Waals surface area contributed by atoms with Crippen molar-refractivity contribution >= 4 is 11.8 Å². The standard InChI is InChI=1S/C14H18N4O3/c1-21-12-10(3-2-4-16-12)8-17-9-11-7-15-5-6-18(11)14(20)13(17)19/h2-4,11,15H,5-9H2,1H3. The Morgan fingerprint density at radius 2 is 2.29 bits per heavy atom. The smallest absolute Gasteiger partial charge is 0.312 e. The number of aromatic nitrogens is 1. The average molecular weight is 290 g/mol. The zero-order chi connectivity index (χ0) is 14.8. The van der Waals surface area contributed by atoms with E-state index in [-0.39, 0.29) is 6.04 Å². The van der Waals surface area contributed by atoms with Gasteiger partial charge in [0, 0.05) is 37.9 Å². The molecule has 3 heterocycles. The molecule has 1 aromatic rings. The van der Waals surface area contributed by atoms with E-state index in [2.05, 4.69) is 10.3 Å². The molecule has 0 spiro atoms. The van der Waals surface area contributed by atoms with Crippen LogP contribution in [0.2, 0.25) is 0 Å². The van der Waals surface area contributed by atoms with Crippen molar-refractivity contribution in [1.82, 2.24) is 20.1 Å². The lowest BCUT2D eigenvalue weighted by Crippen LogP contribution is -2.65. The number of nitrogens with zero attached hydrogens (tertiary/aromatic N) is 3. The van der Waals surface area contributed by atoms with Crippen molar-refractivity contribution in [2.45, 2.75) is 12.6 Å². The number of amides is 2. The van der Waals surface area contributed by atoms with Crippen molar-refractivity contribution in [1.29, 1.82) is 0 Å². The van der Waals surface area contributed by atoms with Gasteiger partial charge in [-0.2, -0.15) is 0 Å². The van der Waals surface area contributed by atoms with Gasteiger partial charge in [0.05, 0.1) is 19.7 Å². The highest BCUT2D eigenvalue weighted by atomic mass is 16.5. The number of ether oxygens (including phenoxy) is 1. The van der Waals surface area contributed by atoms with Gasteiger partial charge in [-0.25, -0.2) is 4.98 Å². The predicted octanol–water partition coefficient (Wildman–Crippen LogP) is -0.767. The summed E-state index contributed by atoms with van der Waals surface area (Å²) in [5.74, 6) is -0.364. The summed E-state index contributed by atoms with van der Waals surface area (Å²) in [6, 6.07) is 3.70. The predicted molar refractivity (Wildman–Crippen MR) is 74.6 cm³/mol. The van der Waals surface area contributed by atoms with Gasteiger partial charge in [0.2, 0.25) is 5.88 Å². The molecule has 0 aromatic carbocycles. The molecule has 2 amide bonds. The molecule has 2 saturated heterocycles. The van der Waals surface area contributed by atoms with Crippen LogP contribution >= 0.6 is 0 Å².